The maximum atomic E-state index is 5.63. The number of hydrogen-bond donors (Lipinski definition) is 2. The molecule has 1 aliphatic rings. The van der Waals surface area contributed by atoms with Crippen molar-refractivity contribution in [1.29, 1.82) is 0 Å². The van der Waals surface area contributed by atoms with Crippen molar-refractivity contribution in [1.82, 2.24) is 15.5 Å². The van der Waals surface area contributed by atoms with E-state index in [2.05, 4.69) is 46.0 Å². The molecule has 20 heavy (non-hydrogen) atoms. The van der Waals surface area contributed by atoms with Crippen molar-refractivity contribution in [3.63, 3.8) is 0 Å². The first-order chi connectivity index (χ1) is 9.76. The lowest BCUT2D eigenvalue weighted by Gasteiger charge is -2.06. The van der Waals surface area contributed by atoms with Crippen LogP contribution in [0.3, 0.4) is 0 Å². The highest BCUT2D eigenvalue weighted by atomic mass is 16.4. The molecule has 0 radical (unpaired) electrons. The molecule has 0 spiro atoms. The van der Waals surface area contributed by atoms with E-state index in [-0.39, 0.29) is 6.04 Å². The fourth-order valence-corrected chi connectivity index (χ4v) is 2.63. The van der Waals surface area contributed by atoms with Crippen molar-refractivity contribution in [3.05, 3.63) is 35.2 Å². The minimum Gasteiger partial charge on any atom is -0.406 e. The number of anilines is 2. The quantitative estimate of drug-likeness (QED) is 0.876. The van der Waals surface area contributed by atoms with Gasteiger partial charge in [-0.3, -0.25) is 0 Å². The summed E-state index contributed by atoms with van der Waals surface area (Å²) in [6.45, 7) is 4.93. The average molecular weight is 272 g/mol. The summed E-state index contributed by atoms with van der Waals surface area (Å²) in [6, 6.07) is 6.95. The molecule has 1 heterocycles. The molecular weight excluding hydrogens is 252 g/mol. The van der Waals surface area contributed by atoms with E-state index in [1.54, 1.807) is 0 Å². The van der Waals surface area contributed by atoms with E-state index >= 15 is 0 Å². The van der Waals surface area contributed by atoms with Crippen molar-refractivity contribution >= 4 is 11.7 Å². The molecule has 2 aromatic rings. The molecule has 5 heteroatoms. The molecule has 1 unspecified atom stereocenters. The third kappa shape index (κ3) is 2.67. The van der Waals surface area contributed by atoms with Gasteiger partial charge < -0.3 is 15.1 Å². The zero-order chi connectivity index (χ0) is 13.9. The molecule has 1 aliphatic carbocycles. The maximum Gasteiger partial charge on any atom is 0.320 e. The maximum absolute atomic E-state index is 5.63. The molecule has 0 fully saturated rings. The Labute approximate surface area is 118 Å². The smallest absolute Gasteiger partial charge is 0.320 e. The van der Waals surface area contributed by atoms with Gasteiger partial charge in [0.15, 0.2) is 0 Å². The van der Waals surface area contributed by atoms with Crippen LogP contribution in [0.2, 0.25) is 0 Å². The second-order valence-electron chi connectivity index (χ2n) is 5.19. The van der Waals surface area contributed by atoms with Gasteiger partial charge >= 0.3 is 6.01 Å². The standard InChI is InChI=1S/C15H20N4O/c1-3-16-10(2)14-18-19-15(20-14)17-13-8-7-11-5-4-6-12(11)9-13/h7-10,16H,3-6H2,1-2H3,(H,17,19). The largest absolute Gasteiger partial charge is 0.406 e. The summed E-state index contributed by atoms with van der Waals surface area (Å²) in [4.78, 5) is 0. The Morgan fingerprint density at radius 1 is 1.25 bits per heavy atom. The second-order valence-corrected chi connectivity index (χ2v) is 5.19. The van der Waals surface area contributed by atoms with Crippen LogP contribution in [0.4, 0.5) is 11.7 Å². The molecule has 1 aromatic carbocycles. The van der Waals surface area contributed by atoms with Crippen molar-refractivity contribution in [3.8, 4) is 0 Å². The molecular formula is C15H20N4O. The highest BCUT2D eigenvalue weighted by Crippen LogP contribution is 2.26. The van der Waals surface area contributed by atoms with Crippen molar-refractivity contribution < 1.29 is 4.42 Å². The van der Waals surface area contributed by atoms with Gasteiger partial charge in [-0.1, -0.05) is 18.1 Å². The van der Waals surface area contributed by atoms with Crippen molar-refractivity contribution in [2.75, 3.05) is 11.9 Å². The summed E-state index contributed by atoms with van der Waals surface area (Å²) in [5, 5.41) is 14.5. The molecule has 0 amide bonds. The number of aromatic nitrogens is 2. The van der Waals surface area contributed by atoms with Gasteiger partial charge in [0, 0.05) is 5.69 Å². The van der Waals surface area contributed by atoms with Crippen LogP contribution < -0.4 is 10.6 Å². The lowest BCUT2D eigenvalue weighted by Crippen LogP contribution is -2.17. The van der Waals surface area contributed by atoms with Crippen molar-refractivity contribution in [2.24, 2.45) is 0 Å². The molecule has 1 atom stereocenters. The summed E-state index contributed by atoms with van der Waals surface area (Å²) in [5.74, 6) is 0.607. The van der Waals surface area contributed by atoms with E-state index in [0.717, 1.165) is 18.7 Å². The van der Waals surface area contributed by atoms with Crippen LogP contribution in [0.1, 0.15) is 43.3 Å². The molecule has 0 bridgehead atoms. The molecule has 1 aromatic heterocycles. The van der Waals surface area contributed by atoms with E-state index in [1.165, 1.54) is 24.0 Å². The predicted molar refractivity (Wildman–Crippen MR) is 78.1 cm³/mol. The summed E-state index contributed by atoms with van der Waals surface area (Å²) < 4.78 is 5.63. The number of benzene rings is 1. The highest BCUT2D eigenvalue weighted by molar-refractivity contribution is 5.55. The summed E-state index contributed by atoms with van der Waals surface area (Å²) in [5.41, 5.74) is 3.90. The van der Waals surface area contributed by atoms with Gasteiger partial charge in [-0.25, -0.2) is 0 Å². The van der Waals surface area contributed by atoms with Crippen LogP contribution in [0.5, 0.6) is 0 Å². The summed E-state index contributed by atoms with van der Waals surface area (Å²) in [7, 11) is 0. The Bertz CT molecular complexity index is 593. The number of aryl methyl sites for hydroxylation is 2. The first kappa shape index (κ1) is 13.1. The molecule has 0 aliphatic heterocycles. The predicted octanol–water partition coefficient (Wildman–Crippen LogP) is 2.97. The Kier molecular flexibility index (Phi) is 3.69. The Morgan fingerprint density at radius 3 is 2.95 bits per heavy atom. The summed E-state index contributed by atoms with van der Waals surface area (Å²) >= 11 is 0. The van der Waals surface area contributed by atoms with Crippen LogP contribution in [0.15, 0.2) is 22.6 Å². The number of hydrogen-bond acceptors (Lipinski definition) is 5. The van der Waals surface area contributed by atoms with E-state index in [4.69, 9.17) is 4.42 Å². The lowest BCUT2D eigenvalue weighted by molar-refractivity contribution is 0.430. The van der Waals surface area contributed by atoms with E-state index < -0.39 is 0 Å². The molecule has 5 nitrogen and oxygen atoms in total. The second kappa shape index (κ2) is 5.63. The Morgan fingerprint density at radius 2 is 2.10 bits per heavy atom. The highest BCUT2D eigenvalue weighted by Gasteiger charge is 2.14. The van der Waals surface area contributed by atoms with Crippen LogP contribution in [-0.4, -0.2) is 16.7 Å². The molecule has 3 rings (SSSR count). The third-order valence-electron chi connectivity index (χ3n) is 3.67. The van der Waals surface area contributed by atoms with Gasteiger partial charge in [0.2, 0.25) is 5.89 Å². The molecule has 0 saturated carbocycles. The Balaban J connectivity index is 1.71. The third-order valence-corrected chi connectivity index (χ3v) is 3.67. The minimum atomic E-state index is 0.0723. The SMILES string of the molecule is CCNC(C)c1nnc(Nc2ccc3c(c2)CCC3)o1. The molecule has 106 valence electrons. The number of nitrogens with one attached hydrogen (secondary N) is 2. The van der Waals surface area contributed by atoms with Crippen LogP contribution in [0, 0.1) is 0 Å². The monoisotopic (exact) mass is 272 g/mol. The van der Waals surface area contributed by atoms with Gasteiger partial charge in [-0.15, -0.1) is 5.10 Å². The fourth-order valence-electron chi connectivity index (χ4n) is 2.63. The topological polar surface area (TPSA) is 63.0 Å². The number of fused-ring (bicyclic) bond motifs is 1. The van der Waals surface area contributed by atoms with E-state index in [1.807, 2.05) is 6.92 Å². The van der Waals surface area contributed by atoms with Crippen molar-refractivity contribution in [2.45, 2.75) is 39.2 Å². The zero-order valence-corrected chi connectivity index (χ0v) is 11.9. The number of rotatable bonds is 5. The number of nitrogens with zero attached hydrogens (tertiary/aromatic N) is 2. The van der Waals surface area contributed by atoms with Crippen LogP contribution in [0.25, 0.3) is 0 Å². The van der Waals surface area contributed by atoms with Gasteiger partial charge in [0.25, 0.3) is 0 Å². The van der Waals surface area contributed by atoms with Crippen LogP contribution in [-0.2, 0) is 12.8 Å². The van der Waals surface area contributed by atoms with E-state index in [0.29, 0.717) is 11.9 Å². The normalized spacial score (nSPS) is 15.1. The molecule has 2 N–H and O–H groups in total. The van der Waals surface area contributed by atoms with E-state index in [9.17, 15) is 0 Å². The Hall–Kier alpha value is -1.88. The van der Waals surface area contributed by atoms with Gasteiger partial charge in [0.1, 0.15) is 0 Å². The average Bonchev–Trinajstić information content (AvgIpc) is 3.07. The minimum absolute atomic E-state index is 0.0723. The zero-order valence-electron chi connectivity index (χ0n) is 11.9. The lowest BCUT2D eigenvalue weighted by atomic mass is 10.1. The van der Waals surface area contributed by atoms with Crippen LogP contribution >= 0.6 is 0 Å². The first-order valence-corrected chi connectivity index (χ1v) is 7.22. The molecule has 0 saturated heterocycles. The van der Waals surface area contributed by atoms with Gasteiger partial charge in [-0.05, 0) is 56.0 Å². The van der Waals surface area contributed by atoms with Gasteiger partial charge in [0.05, 0.1) is 6.04 Å². The van der Waals surface area contributed by atoms with Gasteiger partial charge in [-0.2, -0.15) is 0 Å². The first-order valence-electron chi connectivity index (χ1n) is 7.22. The fraction of sp³-hybridized carbons (Fsp3) is 0.467. The summed E-state index contributed by atoms with van der Waals surface area (Å²) in [6.07, 6.45) is 3.61.